The first-order valence-corrected chi connectivity index (χ1v) is 5.89. The molecule has 1 N–H and O–H groups in total. The number of carbonyl (C=O) groups is 1. The van der Waals surface area contributed by atoms with Crippen molar-refractivity contribution in [2.75, 3.05) is 5.32 Å². The van der Waals surface area contributed by atoms with E-state index in [4.69, 9.17) is 0 Å². The minimum atomic E-state index is -0.121. The Kier molecular flexibility index (Phi) is 3.92. The molecule has 0 bridgehead atoms. The van der Waals surface area contributed by atoms with E-state index in [9.17, 15) is 4.79 Å². The Hall–Kier alpha value is -2.35. The number of hydrogen-bond acceptors (Lipinski definition) is 1. The first-order chi connectivity index (χ1) is 8.81. The van der Waals surface area contributed by atoms with Crippen LogP contribution in [0.1, 0.15) is 6.92 Å². The van der Waals surface area contributed by atoms with Gasteiger partial charge in [0.15, 0.2) is 0 Å². The van der Waals surface area contributed by atoms with E-state index < -0.39 is 0 Å². The van der Waals surface area contributed by atoms with Gasteiger partial charge >= 0.3 is 0 Å². The molecule has 90 valence electrons. The third kappa shape index (κ3) is 2.86. The molecule has 2 rings (SSSR count). The maximum atomic E-state index is 11.7. The van der Waals surface area contributed by atoms with E-state index in [-0.39, 0.29) is 5.91 Å². The van der Waals surface area contributed by atoms with Gasteiger partial charge in [-0.2, -0.15) is 0 Å². The third-order valence-electron chi connectivity index (χ3n) is 2.60. The standard InChI is InChI=1S/C16H15NO/c1-2-3-4-12-16(18)17-15-11-7-9-13-8-5-6-10-14(13)15/h2-12H,1H3,(H,17,18). The molecule has 0 spiro atoms. The fourth-order valence-corrected chi connectivity index (χ4v) is 1.76. The summed E-state index contributed by atoms with van der Waals surface area (Å²) in [4.78, 5) is 11.7. The average molecular weight is 237 g/mol. The molecule has 0 aliphatic heterocycles. The van der Waals surface area contributed by atoms with Gasteiger partial charge in [-0.3, -0.25) is 4.79 Å². The SMILES string of the molecule is CC=CC=CC(=O)Nc1cccc2ccccc12. The van der Waals surface area contributed by atoms with Crippen molar-refractivity contribution in [1.29, 1.82) is 0 Å². The number of nitrogens with one attached hydrogen (secondary N) is 1. The first kappa shape index (κ1) is 12.1. The van der Waals surface area contributed by atoms with E-state index in [0.29, 0.717) is 0 Å². The Morgan fingerprint density at radius 3 is 2.67 bits per heavy atom. The minimum absolute atomic E-state index is 0.121. The molecule has 0 saturated heterocycles. The molecule has 18 heavy (non-hydrogen) atoms. The number of rotatable bonds is 3. The highest BCUT2D eigenvalue weighted by molar-refractivity contribution is 6.06. The summed E-state index contributed by atoms with van der Waals surface area (Å²) < 4.78 is 0. The van der Waals surface area contributed by atoms with Gasteiger partial charge in [-0.1, -0.05) is 54.6 Å². The maximum absolute atomic E-state index is 11.7. The zero-order valence-electron chi connectivity index (χ0n) is 10.3. The third-order valence-corrected chi connectivity index (χ3v) is 2.60. The van der Waals surface area contributed by atoms with Crippen molar-refractivity contribution in [3.8, 4) is 0 Å². The van der Waals surface area contributed by atoms with Crippen LogP contribution in [0.25, 0.3) is 10.8 Å². The summed E-state index contributed by atoms with van der Waals surface area (Å²) in [6.07, 6.45) is 6.94. The molecule has 1 amide bonds. The first-order valence-electron chi connectivity index (χ1n) is 5.89. The smallest absolute Gasteiger partial charge is 0.248 e. The van der Waals surface area contributed by atoms with Gasteiger partial charge in [-0.05, 0) is 18.4 Å². The Bertz CT molecular complexity index is 606. The molecule has 0 saturated carbocycles. The van der Waals surface area contributed by atoms with E-state index in [1.165, 1.54) is 6.08 Å². The lowest BCUT2D eigenvalue weighted by molar-refractivity contribution is -0.111. The quantitative estimate of drug-likeness (QED) is 0.636. The Morgan fingerprint density at radius 2 is 1.83 bits per heavy atom. The van der Waals surface area contributed by atoms with E-state index in [1.54, 1.807) is 6.08 Å². The van der Waals surface area contributed by atoms with Crippen LogP contribution in [0.4, 0.5) is 5.69 Å². The second kappa shape index (κ2) is 5.82. The number of amides is 1. The summed E-state index contributed by atoms with van der Waals surface area (Å²) in [6, 6.07) is 13.9. The molecular weight excluding hydrogens is 222 g/mol. The second-order valence-corrected chi connectivity index (χ2v) is 3.90. The predicted molar refractivity (Wildman–Crippen MR) is 76.5 cm³/mol. The molecule has 2 heteroatoms. The summed E-state index contributed by atoms with van der Waals surface area (Å²) >= 11 is 0. The van der Waals surface area contributed by atoms with Crippen LogP contribution >= 0.6 is 0 Å². The number of anilines is 1. The van der Waals surface area contributed by atoms with Gasteiger partial charge in [0.25, 0.3) is 0 Å². The normalized spacial score (nSPS) is 11.4. The van der Waals surface area contributed by atoms with E-state index >= 15 is 0 Å². The van der Waals surface area contributed by atoms with Crippen LogP contribution in [0.5, 0.6) is 0 Å². The Labute approximate surface area is 107 Å². The van der Waals surface area contributed by atoms with Crippen LogP contribution in [0, 0.1) is 0 Å². The highest BCUT2D eigenvalue weighted by Gasteiger charge is 2.01. The molecule has 0 aliphatic rings. The van der Waals surface area contributed by atoms with Crippen LogP contribution in [0.2, 0.25) is 0 Å². The largest absolute Gasteiger partial charge is 0.322 e. The molecule has 0 aromatic heterocycles. The maximum Gasteiger partial charge on any atom is 0.248 e. The number of hydrogen-bond donors (Lipinski definition) is 1. The highest BCUT2D eigenvalue weighted by atomic mass is 16.1. The fourth-order valence-electron chi connectivity index (χ4n) is 1.76. The molecular formula is C16H15NO. The van der Waals surface area contributed by atoms with Crippen molar-refractivity contribution >= 4 is 22.4 Å². The van der Waals surface area contributed by atoms with E-state index in [0.717, 1.165) is 16.5 Å². The van der Waals surface area contributed by atoms with Crippen LogP contribution in [0.15, 0.2) is 66.8 Å². The average Bonchev–Trinajstić information content (AvgIpc) is 2.39. The molecule has 0 unspecified atom stereocenters. The highest BCUT2D eigenvalue weighted by Crippen LogP contribution is 2.22. The minimum Gasteiger partial charge on any atom is -0.322 e. The van der Waals surface area contributed by atoms with Gasteiger partial charge in [0.05, 0.1) is 0 Å². The topological polar surface area (TPSA) is 29.1 Å². The van der Waals surface area contributed by atoms with E-state index in [1.807, 2.05) is 61.5 Å². The van der Waals surface area contributed by atoms with Crippen LogP contribution in [-0.4, -0.2) is 5.91 Å². The van der Waals surface area contributed by atoms with Crippen molar-refractivity contribution in [2.45, 2.75) is 6.92 Å². The van der Waals surface area contributed by atoms with Gasteiger partial charge in [-0.15, -0.1) is 0 Å². The van der Waals surface area contributed by atoms with Crippen molar-refractivity contribution in [3.63, 3.8) is 0 Å². The van der Waals surface area contributed by atoms with Gasteiger partial charge in [-0.25, -0.2) is 0 Å². The molecule has 2 aromatic carbocycles. The second-order valence-electron chi connectivity index (χ2n) is 3.90. The lowest BCUT2D eigenvalue weighted by atomic mass is 10.1. The van der Waals surface area contributed by atoms with Gasteiger partial charge < -0.3 is 5.32 Å². The van der Waals surface area contributed by atoms with E-state index in [2.05, 4.69) is 5.32 Å². The Morgan fingerprint density at radius 1 is 1.06 bits per heavy atom. The van der Waals surface area contributed by atoms with Gasteiger partial charge in [0.2, 0.25) is 5.91 Å². The summed E-state index contributed by atoms with van der Waals surface area (Å²) in [7, 11) is 0. The molecule has 2 aromatic rings. The number of allylic oxidation sites excluding steroid dienone is 3. The van der Waals surface area contributed by atoms with Gasteiger partial charge in [0, 0.05) is 17.1 Å². The van der Waals surface area contributed by atoms with Crippen molar-refractivity contribution in [1.82, 2.24) is 0 Å². The van der Waals surface area contributed by atoms with Crippen molar-refractivity contribution in [2.24, 2.45) is 0 Å². The van der Waals surface area contributed by atoms with Crippen LogP contribution in [0.3, 0.4) is 0 Å². The summed E-state index contributed by atoms with van der Waals surface area (Å²) in [5.74, 6) is -0.121. The number of benzene rings is 2. The lowest BCUT2D eigenvalue weighted by Crippen LogP contribution is -2.07. The van der Waals surface area contributed by atoms with Crippen LogP contribution in [-0.2, 0) is 4.79 Å². The Balaban J connectivity index is 2.24. The number of fused-ring (bicyclic) bond motifs is 1. The molecule has 0 radical (unpaired) electrons. The molecule has 0 atom stereocenters. The van der Waals surface area contributed by atoms with Gasteiger partial charge in [0.1, 0.15) is 0 Å². The monoisotopic (exact) mass is 237 g/mol. The van der Waals surface area contributed by atoms with Crippen molar-refractivity contribution < 1.29 is 4.79 Å². The zero-order chi connectivity index (χ0) is 12.8. The molecule has 0 aliphatic carbocycles. The molecule has 0 fully saturated rings. The summed E-state index contributed by atoms with van der Waals surface area (Å²) in [5.41, 5.74) is 0.836. The summed E-state index contributed by atoms with van der Waals surface area (Å²) in [5, 5.41) is 5.05. The van der Waals surface area contributed by atoms with Crippen molar-refractivity contribution in [3.05, 3.63) is 66.8 Å². The fraction of sp³-hybridized carbons (Fsp3) is 0.0625. The summed E-state index contributed by atoms with van der Waals surface area (Å²) in [6.45, 7) is 1.91. The molecule has 0 heterocycles. The zero-order valence-corrected chi connectivity index (χ0v) is 10.3. The van der Waals surface area contributed by atoms with Crippen LogP contribution < -0.4 is 5.32 Å². The number of carbonyl (C=O) groups excluding carboxylic acids is 1. The predicted octanol–water partition coefficient (Wildman–Crippen LogP) is 3.91. The molecule has 2 nitrogen and oxygen atoms in total. The lowest BCUT2D eigenvalue weighted by Gasteiger charge is -2.06.